The van der Waals surface area contributed by atoms with Crippen LogP contribution in [-0.2, 0) is 14.9 Å². The molecular formula is C19H32FN3O2. The summed E-state index contributed by atoms with van der Waals surface area (Å²) < 4.78 is 23.5. The van der Waals surface area contributed by atoms with Crippen LogP contribution in [-0.4, -0.2) is 52.5 Å². The Morgan fingerprint density at radius 3 is 2.48 bits per heavy atom. The fourth-order valence-corrected chi connectivity index (χ4v) is 2.24. The highest BCUT2D eigenvalue weighted by Crippen LogP contribution is 2.23. The molecule has 0 atom stereocenters. The van der Waals surface area contributed by atoms with Gasteiger partial charge >= 0.3 is 0 Å². The van der Waals surface area contributed by atoms with Gasteiger partial charge in [0.25, 0.3) is 0 Å². The SMILES string of the molecule is CCNC(=NCC(C)(C)c1ccc(F)cc1)NCCCOCCOC. The van der Waals surface area contributed by atoms with Crippen LogP contribution in [0.15, 0.2) is 29.3 Å². The standard InChI is InChI=1S/C19H32FN3O2/c1-5-21-18(22-11-6-12-25-14-13-24-4)23-15-19(2,3)16-7-9-17(20)10-8-16/h7-10H,5-6,11-15H2,1-4H3,(H2,21,22,23). The molecule has 0 aliphatic rings. The molecule has 1 aromatic carbocycles. The fraction of sp³-hybridized carbons (Fsp3) is 0.632. The second-order valence-electron chi connectivity index (χ2n) is 6.47. The van der Waals surface area contributed by atoms with Crippen LogP contribution in [0.4, 0.5) is 4.39 Å². The van der Waals surface area contributed by atoms with Crippen LogP contribution in [0.25, 0.3) is 0 Å². The molecule has 0 unspecified atom stereocenters. The quantitative estimate of drug-likeness (QED) is 0.365. The van der Waals surface area contributed by atoms with Gasteiger partial charge in [-0.05, 0) is 31.0 Å². The monoisotopic (exact) mass is 353 g/mol. The lowest BCUT2D eigenvalue weighted by Crippen LogP contribution is -2.39. The number of aliphatic imine (C=N–C) groups is 1. The van der Waals surface area contributed by atoms with Crippen molar-refractivity contribution in [3.63, 3.8) is 0 Å². The molecule has 0 aliphatic carbocycles. The summed E-state index contributed by atoms with van der Waals surface area (Å²) in [6, 6.07) is 6.63. The molecule has 5 nitrogen and oxygen atoms in total. The van der Waals surface area contributed by atoms with Crippen molar-refractivity contribution in [3.8, 4) is 0 Å². The van der Waals surface area contributed by atoms with Gasteiger partial charge in [-0.1, -0.05) is 26.0 Å². The molecule has 2 N–H and O–H groups in total. The van der Waals surface area contributed by atoms with Crippen molar-refractivity contribution in [1.82, 2.24) is 10.6 Å². The zero-order chi connectivity index (χ0) is 18.5. The van der Waals surface area contributed by atoms with Gasteiger partial charge in [0.2, 0.25) is 0 Å². The smallest absolute Gasteiger partial charge is 0.191 e. The molecule has 25 heavy (non-hydrogen) atoms. The predicted octanol–water partition coefficient (Wildman–Crippen LogP) is 2.71. The van der Waals surface area contributed by atoms with Crippen LogP contribution in [0.1, 0.15) is 32.8 Å². The summed E-state index contributed by atoms with van der Waals surface area (Å²) in [5.41, 5.74) is 0.902. The number of ether oxygens (including phenoxy) is 2. The van der Waals surface area contributed by atoms with Crippen molar-refractivity contribution in [2.45, 2.75) is 32.6 Å². The molecule has 142 valence electrons. The third-order valence-corrected chi connectivity index (χ3v) is 3.79. The Balaban J connectivity index is 2.46. The first kappa shape index (κ1) is 21.4. The number of halogens is 1. The van der Waals surface area contributed by atoms with E-state index >= 15 is 0 Å². The van der Waals surface area contributed by atoms with E-state index in [-0.39, 0.29) is 11.2 Å². The highest BCUT2D eigenvalue weighted by atomic mass is 19.1. The number of methoxy groups -OCH3 is 1. The van der Waals surface area contributed by atoms with Gasteiger partial charge in [-0.3, -0.25) is 4.99 Å². The van der Waals surface area contributed by atoms with Crippen LogP contribution in [0, 0.1) is 5.82 Å². The first-order chi connectivity index (χ1) is 12.0. The molecule has 0 saturated heterocycles. The van der Waals surface area contributed by atoms with Crippen molar-refractivity contribution < 1.29 is 13.9 Å². The van der Waals surface area contributed by atoms with Gasteiger partial charge in [0.1, 0.15) is 5.82 Å². The van der Waals surface area contributed by atoms with Crippen molar-refractivity contribution in [2.75, 3.05) is 46.6 Å². The number of nitrogens with zero attached hydrogens (tertiary/aromatic N) is 1. The maximum Gasteiger partial charge on any atom is 0.191 e. The molecule has 0 amide bonds. The zero-order valence-corrected chi connectivity index (χ0v) is 15.9. The Morgan fingerprint density at radius 1 is 1.12 bits per heavy atom. The van der Waals surface area contributed by atoms with E-state index in [1.807, 2.05) is 19.1 Å². The maximum atomic E-state index is 13.1. The van der Waals surface area contributed by atoms with E-state index in [9.17, 15) is 4.39 Å². The molecule has 0 radical (unpaired) electrons. The Morgan fingerprint density at radius 2 is 1.84 bits per heavy atom. The summed E-state index contributed by atoms with van der Waals surface area (Å²) in [6.07, 6.45) is 0.898. The molecule has 0 spiro atoms. The number of guanidine groups is 1. The number of hydrogen-bond acceptors (Lipinski definition) is 3. The average molecular weight is 353 g/mol. The number of nitrogens with one attached hydrogen (secondary N) is 2. The highest BCUT2D eigenvalue weighted by molar-refractivity contribution is 5.79. The molecular weight excluding hydrogens is 321 g/mol. The van der Waals surface area contributed by atoms with Crippen molar-refractivity contribution in [3.05, 3.63) is 35.6 Å². The summed E-state index contributed by atoms with van der Waals surface area (Å²) in [5.74, 6) is 0.570. The third-order valence-electron chi connectivity index (χ3n) is 3.79. The first-order valence-corrected chi connectivity index (χ1v) is 8.84. The molecule has 6 heteroatoms. The summed E-state index contributed by atoms with van der Waals surface area (Å²) in [7, 11) is 1.66. The molecule has 0 fully saturated rings. The molecule has 0 saturated carbocycles. The van der Waals surface area contributed by atoms with Gasteiger partial charge in [-0.15, -0.1) is 0 Å². The Labute approximate surface area is 151 Å². The predicted molar refractivity (Wildman–Crippen MR) is 101 cm³/mol. The minimum Gasteiger partial charge on any atom is -0.382 e. The lowest BCUT2D eigenvalue weighted by Gasteiger charge is -2.24. The summed E-state index contributed by atoms with van der Waals surface area (Å²) in [6.45, 7) is 10.4. The minimum absolute atomic E-state index is 0.167. The van der Waals surface area contributed by atoms with Crippen LogP contribution < -0.4 is 10.6 Å². The van der Waals surface area contributed by atoms with Gasteiger partial charge in [0.05, 0.1) is 19.8 Å². The van der Waals surface area contributed by atoms with E-state index in [0.29, 0.717) is 26.4 Å². The summed E-state index contributed by atoms with van der Waals surface area (Å²) >= 11 is 0. The lowest BCUT2D eigenvalue weighted by atomic mass is 9.85. The summed E-state index contributed by atoms with van der Waals surface area (Å²) in [4.78, 5) is 4.67. The van der Waals surface area contributed by atoms with Gasteiger partial charge < -0.3 is 20.1 Å². The molecule has 0 bridgehead atoms. The second-order valence-corrected chi connectivity index (χ2v) is 6.47. The van der Waals surface area contributed by atoms with Gasteiger partial charge in [0, 0.05) is 32.2 Å². The third kappa shape index (κ3) is 8.84. The average Bonchev–Trinajstić information content (AvgIpc) is 2.59. The highest BCUT2D eigenvalue weighted by Gasteiger charge is 2.20. The van der Waals surface area contributed by atoms with Crippen molar-refractivity contribution >= 4 is 5.96 Å². The van der Waals surface area contributed by atoms with Crippen molar-refractivity contribution in [1.29, 1.82) is 0 Å². The normalized spacial score (nSPS) is 12.3. The molecule has 0 heterocycles. The van der Waals surface area contributed by atoms with E-state index in [0.717, 1.165) is 31.0 Å². The van der Waals surface area contributed by atoms with Crippen LogP contribution in [0.3, 0.4) is 0 Å². The maximum absolute atomic E-state index is 13.1. The van der Waals surface area contributed by atoms with Gasteiger partial charge in [-0.25, -0.2) is 4.39 Å². The van der Waals surface area contributed by atoms with Crippen LogP contribution >= 0.6 is 0 Å². The zero-order valence-electron chi connectivity index (χ0n) is 15.9. The minimum atomic E-state index is -0.217. The molecule has 1 aromatic rings. The van der Waals surface area contributed by atoms with E-state index in [4.69, 9.17) is 9.47 Å². The Hall–Kier alpha value is -1.66. The van der Waals surface area contributed by atoms with Crippen LogP contribution in [0.5, 0.6) is 0 Å². The molecule has 0 aromatic heterocycles. The fourth-order valence-electron chi connectivity index (χ4n) is 2.24. The van der Waals surface area contributed by atoms with Crippen LogP contribution in [0.2, 0.25) is 0 Å². The summed E-state index contributed by atoms with van der Waals surface area (Å²) in [5, 5.41) is 6.56. The lowest BCUT2D eigenvalue weighted by molar-refractivity contribution is 0.0698. The number of benzene rings is 1. The van der Waals surface area contributed by atoms with Gasteiger partial charge in [0.15, 0.2) is 5.96 Å². The van der Waals surface area contributed by atoms with Gasteiger partial charge in [-0.2, -0.15) is 0 Å². The largest absolute Gasteiger partial charge is 0.382 e. The molecule has 0 aliphatic heterocycles. The number of hydrogen-bond donors (Lipinski definition) is 2. The Bertz CT molecular complexity index is 504. The first-order valence-electron chi connectivity index (χ1n) is 8.84. The van der Waals surface area contributed by atoms with E-state index in [2.05, 4.69) is 29.5 Å². The van der Waals surface area contributed by atoms with E-state index < -0.39 is 0 Å². The van der Waals surface area contributed by atoms with E-state index in [1.54, 1.807) is 7.11 Å². The topological polar surface area (TPSA) is 54.9 Å². The van der Waals surface area contributed by atoms with Crippen molar-refractivity contribution in [2.24, 2.45) is 4.99 Å². The Kier molecular flexibility index (Phi) is 10.1. The van der Waals surface area contributed by atoms with E-state index in [1.165, 1.54) is 12.1 Å². The second kappa shape index (κ2) is 11.8. The molecule has 1 rings (SSSR count). The number of rotatable bonds is 11.